The zero-order valence-corrected chi connectivity index (χ0v) is 7.51. The summed E-state index contributed by atoms with van der Waals surface area (Å²) in [6, 6.07) is 0. The molecule has 1 rings (SSSR count). The number of nitrogens with zero attached hydrogens (tertiary/aromatic N) is 1. The van der Waals surface area contributed by atoms with Gasteiger partial charge in [0, 0.05) is 13.1 Å². The second-order valence-corrected chi connectivity index (χ2v) is 4.98. The topological polar surface area (TPSA) is 54.5 Å². The third-order valence-corrected chi connectivity index (χ3v) is 3.44. The van der Waals surface area contributed by atoms with Crippen LogP contribution < -0.4 is 0 Å². The fourth-order valence-corrected chi connectivity index (χ4v) is 2.26. The van der Waals surface area contributed by atoms with Gasteiger partial charge in [0.2, 0.25) is 5.91 Å². The maximum Gasteiger partial charge on any atom is 0.246 e. The first kappa shape index (κ1) is 9.25. The lowest BCUT2D eigenvalue weighted by Gasteiger charge is -2.25. The molecule has 1 saturated heterocycles. The molecule has 0 saturated carbocycles. The van der Waals surface area contributed by atoms with E-state index in [4.69, 9.17) is 0 Å². The van der Waals surface area contributed by atoms with Gasteiger partial charge >= 0.3 is 0 Å². The van der Waals surface area contributed by atoms with Gasteiger partial charge in [-0.25, -0.2) is 8.42 Å². The summed E-state index contributed by atoms with van der Waals surface area (Å²) in [5.41, 5.74) is 0. The smallest absolute Gasteiger partial charge is 0.246 e. The fourth-order valence-electron chi connectivity index (χ4n) is 1.06. The Morgan fingerprint density at radius 2 is 1.83 bits per heavy atom. The van der Waals surface area contributed by atoms with Crippen LogP contribution >= 0.6 is 0 Å². The van der Waals surface area contributed by atoms with Gasteiger partial charge in [0.05, 0.1) is 11.5 Å². The maximum absolute atomic E-state index is 11.0. The zero-order chi connectivity index (χ0) is 9.19. The third-order valence-electron chi connectivity index (χ3n) is 1.83. The summed E-state index contributed by atoms with van der Waals surface area (Å²) in [5.74, 6) is -0.0380. The van der Waals surface area contributed by atoms with Gasteiger partial charge in [0.25, 0.3) is 0 Å². The van der Waals surface area contributed by atoms with E-state index >= 15 is 0 Å². The largest absolute Gasteiger partial charge is 0.337 e. The highest BCUT2D eigenvalue weighted by molar-refractivity contribution is 7.91. The molecule has 68 valence electrons. The average Bonchev–Trinajstić information content (AvgIpc) is 2.03. The lowest BCUT2D eigenvalue weighted by Crippen LogP contribution is -2.42. The highest BCUT2D eigenvalue weighted by Crippen LogP contribution is 2.03. The van der Waals surface area contributed by atoms with Gasteiger partial charge < -0.3 is 4.90 Å². The molecule has 1 aliphatic rings. The molecule has 0 spiro atoms. The molecule has 0 atom stereocenters. The molecule has 0 radical (unpaired) electrons. The molecule has 1 aliphatic heterocycles. The van der Waals surface area contributed by atoms with Crippen LogP contribution in [0.15, 0.2) is 12.7 Å². The van der Waals surface area contributed by atoms with Gasteiger partial charge in [-0.15, -0.1) is 0 Å². The molecular weight excluding hydrogens is 178 g/mol. The van der Waals surface area contributed by atoms with Gasteiger partial charge in [-0.3, -0.25) is 4.79 Å². The van der Waals surface area contributed by atoms with E-state index in [2.05, 4.69) is 6.58 Å². The van der Waals surface area contributed by atoms with Gasteiger partial charge in [-0.1, -0.05) is 6.58 Å². The van der Waals surface area contributed by atoms with Crippen LogP contribution in [0.25, 0.3) is 0 Å². The van der Waals surface area contributed by atoms with Crippen LogP contribution in [-0.4, -0.2) is 43.8 Å². The van der Waals surface area contributed by atoms with Crippen molar-refractivity contribution in [2.75, 3.05) is 24.6 Å². The van der Waals surface area contributed by atoms with E-state index in [0.717, 1.165) is 0 Å². The van der Waals surface area contributed by atoms with Crippen molar-refractivity contribution in [3.05, 3.63) is 12.7 Å². The zero-order valence-electron chi connectivity index (χ0n) is 6.69. The third kappa shape index (κ3) is 2.07. The van der Waals surface area contributed by atoms with Crippen LogP contribution in [0.3, 0.4) is 0 Å². The van der Waals surface area contributed by atoms with Gasteiger partial charge in [-0.05, 0) is 6.08 Å². The molecule has 0 bridgehead atoms. The van der Waals surface area contributed by atoms with E-state index in [1.54, 1.807) is 0 Å². The molecule has 12 heavy (non-hydrogen) atoms. The molecule has 1 fully saturated rings. The van der Waals surface area contributed by atoms with Crippen LogP contribution in [0.1, 0.15) is 0 Å². The minimum atomic E-state index is -2.89. The minimum absolute atomic E-state index is 0.0760. The Bertz CT molecular complexity index is 280. The Labute approximate surface area is 71.8 Å². The molecule has 1 heterocycles. The Morgan fingerprint density at radius 1 is 1.33 bits per heavy atom. The van der Waals surface area contributed by atoms with E-state index in [-0.39, 0.29) is 17.4 Å². The summed E-state index contributed by atoms with van der Waals surface area (Å²) < 4.78 is 21.9. The number of hydrogen-bond acceptors (Lipinski definition) is 3. The lowest BCUT2D eigenvalue weighted by molar-refractivity contribution is -0.125. The van der Waals surface area contributed by atoms with Crippen molar-refractivity contribution in [2.45, 2.75) is 0 Å². The number of amides is 1. The summed E-state index contributed by atoms with van der Waals surface area (Å²) in [7, 11) is -2.89. The maximum atomic E-state index is 11.0. The minimum Gasteiger partial charge on any atom is -0.337 e. The number of carbonyl (C=O) groups excluding carboxylic acids is 1. The van der Waals surface area contributed by atoms with E-state index in [9.17, 15) is 13.2 Å². The van der Waals surface area contributed by atoms with Gasteiger partial charge in [0.15, 0.2) is 9.84 Å². The summed E-state index contributed by atoms with van der Waals surface area (Å²) >= 11 is 0. The van der Waals surface area contributed by atoms with Gasteiger partial charge in [0.1, 0.15) is 0 Å². The van der Waals surface area contributed by atoms with Crippen LogP contribution in [-0.2, 0) is 14.6 Å². The first-order chi connectivity index (χ1) is 5.55. The number of hydrogen-bond donors (Lipinski definition) is 0. The Kier molecular flexibility index (Phi) is 2.52. The molecule has 0 aliphatic carbocycles. The van der Waals surface area contributed by atoms with Crippen molar-refractivity contribution in [2.24, 2.45) is 0 Å². The molecule has 0 aromatic rings. The standard InChI is InChI=1S/C7H11NO3S/c1-2-7(9)8-3-5-12(10,11)6-4-8/h2H,1,3-6H2. The van der Waals surface area contributed by atoms with Crippen molar-refractivity contribution < 1.29 is 13.2 Å². The number of sulfone groups is 1. The normalized spacial score (nSPS) is 21.8. The Morgan fingerprint density at radius 3 is 2.25 bits per heavy atom. The molecule has 0 aromatic heterocycles. The predicted octanol–water partition coefficient (Wildman–Crippen LogP) is -0.571. The van der Waals surface area contributed by atoms with E-state index in [0.29, 0.717) is 13.1 Å². The van der Waals surface area contributed by atoms with E-state index in [1.165, 1.54) is 11.0 Å². The monoisotopic (exact) mass is 189 g/mol. The highest BCUT2D eigenvalue weighted by atomic mass is 32.2. The second kappa shape index (κ2) is 3.26. The highest BCUT2D eigenvalue weighted by Gasteiger charge is 2.23. The van der Waals surface area contributed by atoms with Crippen molar-refractivity contribution in [1.29, 1.82) is 0 Å². The molecule has 1 amide bonds. The number of rotatable bonds is 1. The lowest BCUT2D eigenvalue weighted by atomic mass is 10.4. The van der Waals surface area contributed by atoms with Crippen LogP contribution in [0.2, 0.25) is 0 Å². The van der Waals surface area contributed by atoms with Crippen molar-refractivity contribution in [3.8, 4) is 0 Å². The van der Waals surface area contributed by atoms with Crippen LogP contribution in [0.5, 0.6) is 0 Å². The molecule has 0 aromatic carbocycles. The van der Waals surface area contributed by atoms with Gasteiger partial charge in [-0.2, -0.15) is 0 Å². The molecular formula is C7H11NO3S. The summed E-state index contributed by atoms with van der Waals surface area (Å²) in [4.78, 5) is 12.5. The van der Waals surface area contributed by atoms with Crippen LogP contribution in [0, 0.1) is 0 Å². The quantitative estimate of drug-likeness (QED) is 0.519. The summed E-state index contributed by atoms with van der Waals surface area (Å²) in [6.45, 7) is 3.93. The van der Waals surface area contributed by atoms with Crippen LogP contribution in [0.4, 0.5) is 0 Å². The van der Waals surface area contributed by atoms with E-state index in [1.807, 2.05) is 0 Å². The van der Waals surface area contributed by atoms with Crippen molar-refractivity contribution in [1.82, 2.24) is 4.90 Å². The Hall–Kier alpha value is -0.840. The molecule has 0 N–H and O–H groups in total. The SMILES string of the molecule is C=CC(=O)N1CCS(=O)(=O)CC1. The van der Waals surface area contributed by atoms with Crippen molar-refractivity contribution in [3.63, 3.8) is 0 Å². The van der Waals surface area contributed by atoms with Crippen molar-refractivity contribution >= 4 is 15.7 Å². The fraction of sp³-hybridized carbons (Fsp3) is 0.571. The van der Waals surface area contributed by atoms with E-state index < -0.39 is 9.84 Å². The Balaban J connectivity index is 2.57. The molecule has 4 nitrogen and oxygen atoms in total. The first-order valence-electron chi connectivity index (χ1n) is 3.67. The average molecular weight is 189 g/mol. The predicted molar refractivity (Wildman–Crippen MR) is 45.4 cm³/mol. The molecule has 5 heteroatoms. The molecule has 0 unspecified atom stereocenters. The number of carbonyl (C=O) groups is 1. The first-order valence-corrected chi connectivity index (χ1v) is 5.49. The second-order valence-electron chi connectivity index (χ2n) is 2.68. The summed E-state index contributed by atoms with van der Waals surface area (Å²) in [6.07, 6.45) is 1.21. The summed E-state index contributed by atoms with van der Waals surface area (Å²) in [5, 5.41) is 0.